The van der Waals surface area contributed by atoms with E-state index in [0.29, 0.717) is 6.04 Å². The maximum Gasteiger partial charge on any atom is 0.0722 e. The molecule has 1 aromatic heterocycles. The molecule has 1 atom stereocenters. The minimum absolute atomic E-state index is 0.107. The molecular weight excluding hydrogens is 248 g/mol. The van der Waals surface area contributed by atoms with Crippen LogP contribution in [0.25, 0.3) is 0 Å². The summed E-state index contributed by atoms with van der Waals surface area (Å²) >= 11 is 0. The van der Waals surface area contributed by atoms with Crippen LogP contribution >= 0.6 is 0 Å². The standard InChI is InChI=1S/C16H30N4/c1-16(2,3)15-13(11-19(4)18-15)12-20-10-6-5-7-14(20)8-9-17/h11,14H,5-10,12,17H2,1-4H3. The SMILES string of the molecule is Cn1cc(CN2CCCCC2CCN)c(C(C)(C)C)n1. The van der Waals surface area contributed by atoms with Crippen molar-refractivity contribution in [2.75, 3.05) is 13.1 Å². The lowest BCUT2D eigenvalue weighted by atomic mass is 9.89. The van der Waals surface area contributed by atoms with Crippen molar-refractivity contribution in [2.24, 2.45) is 12.8 Å². The average Bonchev–Trinajstić information content (AvgIpc) is 2.73. The molecule has 0 aliphatic carbocycles. The summed E-state index contributed by atoms with van der Waals surface area (Å²) in [7, 11) is 2.02. The lowest BCUT2D eigenvalue weighted by Crippen LogP contribution is -2.40. The Kier molecular flexibility index (Phi) is 4.86. The van der Waals surface area contributed by atoms with Crippen LogP contribution in [0.1, 0.15) is 57.7 Å². The fourth-order valence-corrected chi connectivity index (χ4v) is 3.29. The Bertz CT molecular complexity index is 428. The molecule has 2 heterocycles. The molecule has 114 valence electrons. The van der Waals surface area contributed by atoms with E-state index in [4.69, 9.17) is 5.73 Å². The van der Waals surface area contributed by atoms with Crippen LogP contribution in [-0.4, -0.2) is 33.8 Å². The third-order valence-electron chi connectivity index (χ3n) is 4.24. The smallest absolute Gasteiger partial charge is 0.0722 e. The van der Waals surface area contributed by atoms with Crippen LogP contribution in [0.3, 0.4) is 0 Å². The lowest BCUT2D eigenvalue weighted by Gasteiger charge is -2.36. The molecule has 0 amide bonds. The molecular formula is C16H30N4. The van der Waals surface area contributed by atoms with Crippen molar-refractivity contribution in [2.45, 2.75) is 64.5 Å². The first-order valence-electron chi connectivity index (χ1n) is 7.89. The molecule has 0 saturated carbocycles. The number of hydrogen-bond donors (Lipinski definition) is 1. The minimum Gasteiger partial charge on any atom is -0.330 e. The van der Waals surface area contributed by atoms with Crippen molar-refractivity contribution in [3.05, 3.63) is 17.5 Å². The normalized spacial score (nSPS) is 21.4. The van der Waals surface area contributed by atoms with Crippen LogP contribution in [-0.2, 0) is 19.0 Å². The molecule has 1 fully saturated rings. The second-order valence-corrected chi connectivity index (χ2v) is 7.12. The first-order chi connectivity index (χ1) is 9.41. The van der Waals surface area contributed by atoms with Crippen LogP contribution in [0.2, 0.25) is 0 Å². The Morgan fingerprint density at radius 3 is 2.75 bits per heavy atom. The fourth-order valence-electron chi connectivity index (χ4n) is 3.29. The quantitative estimate of drug-likeness (QED) is 0.920. The summed E-state index contributed by atoms with van der Waals surface area (Å²) in [5.41, 5.74) is 8.49. The second-order valence-electron chi connectivity index (χ2n) is 7.12. The molecule has 1 saturated heterocycles. The number of piperidine rings is 1. The molecule has 2 rings (SSSR count). The van der Waals surface area contributed by atoms with E-state index in [-0.39, 0.29) is 5.41 Å². The fraction of sp³-hybridized carbons (Fsp3) is 0.812. The molecule has 1 unspecified atom stereocenters. The number of likely N-dealkylation sites (tertiary alicyclic amines) is 1. The Balaban J connectivity index is 2.16. The van der Waals surface area contributed by atoms with Gasteiger partial charge < -0.3 is 5.73 Å². The van der Waals surface area contributed by atoms with Gasteiger partial charge in [0.15, 0.2) is 0 Å². The van der Waals surface area contributed by atoms with Gasteiger partial charge in [-0.3, -0.25) is 9.58 Å². The van der Waals surface area contributed by atoms with Gasteiger partial charge in [0.25, 0.3) is 0 Å². The minimum atomic E-state index is 0.107. The summed E-state index contributed by atoms with van der Waals surface area (Å²) in [6.07, 6.45) is 7.26. The van der Waals surface area contributed by atoms with Crippen molar-refractivity contribution in [3.63, 3.8) is 0 Å². The number of nitrogens with two attached hydrogens (primary N) is 1. The van der Waals surface area contributed by atoms with Gasteiger partial charge in [-0.1, -0.05) is 27.2 Å². The third kappa shape index (κ3) is 3.61. The third-order valence-corrected chi connectivity index (χ3v) is 4.24. The second kappa shape index (κ2) is 6.27. The number of aromatic nitrogens is 2. The van der Waals surface area contributed by atoms with Gasteiger partial charge in [0.05, 0.1) is 5.69 Å². The number of nitrogens with zero attached hydrogens (tertiary/aromatic N) is 3. The molecule has 1 aromatic rings. The van der Waals surface area contributed by atoms with Crippen molar-refractivity contribution >= 4 is 0 Å². The zero-order valence-corrected chi connectivity index (χ0v) is 13.5. The van der Waals surface area contributed by atoms with E-state index < -0.39 is 0 Å². The predicted octanol–water partition coefficient (Wildman–Crippen LogP) is 2.42. The first kappa shape index (κ1) is 15.5. The van der Waals surface area contributed by atoms with E-state index in [2.05, 4.69) is 37.0 Å². The largest absolute Gasteiger partial charge is 0.330 e. The van der Waals surface area contributed by atoms with Crippen molar-refractivity contribution < 1.29 is 0 Å². The maximum atomic E-state index is 5.78. The summed E-state index contributed by atoms with van der Waals surface area (Å²) in [4.78, 5) is 2.61. The number of hydrogen-bond acceptors (Lipinski definition) is 3. The van der Waals surface area contributed by atoms with Crippen molar-refractivity contribution in [1.29, 1.82) is 0 Å². The monoisotopic (exact) mass is 278 g/mol. The summed E-state index contributed by atoms with van der Waals surface area (Å²) in [5.74, 6) is 0. The lowest BCUT2D eigenvalue weighted by molar-refractivity contribution is 0.133. The van der Waals surface area contributed by atoms with Gasteiger partial charge in [-0.25, -0.2) is 0 Å². The number of aryl methyl sites for hydroxylation is 1. The molecule has 4 nitrogen and oxygen atoms in total. The summed E-state index contributed by atoms with van der Waals surface area (Å²) in [5, 5.41) is 4.68. The molecule has 1 aliphatic rings. The van der Waals surface area contributed by atoms with E-state index in [1.54, 1.807) is 0 Å². The van der Waals surface area contributed by atoms with E-state index in [1.165, 1.54) is 37.1 Å². The zero-order chi connectivity index (χ0) is 14.8. The Labute approximate surface area is 123 Å². The van der Waals surface area contributed by atoms with Crippen LogP contribution in [0.15, 0.2) is 6.20 Å². The van der Waals surface area contributed by atoms with Gasteiger partial charge in [0.2, 0.25) is 0 Å². The topological polar surface area (TPSA) is 47.1 Å². The van der Waals surface area contributed by atoms with E-state index in [9.17, 15) is 0 Å². The summed E-state index contributed by atoms with van der Waals surface area (Å²) in [6, 6.07) is 0.654. The van der Waals surface area contributed by atoms with Gasteiger partial charge >= 0.3 is 0 Å². The van der Waals surface area contributed by atoms with E-state index in [0.717, 1.165) is 19.5 Å². The maximum absolute atomic E-state index is 5.78. The highest BCUT2D eigenvalue weighted by atomic mass is 15.3. The first-order valence-corrected chi connectivity index (χ1v) is 7.89. The van der Waals surface area contributed by atoms with Crippen molar-refractivity contribution in [3.8, 4) is 0 Å². The van der Waals surface area contributed by atoms with Crippen LogP contribution < -0.4 is 5.73 Å². The molecule has 0 spiro atoms. The predicted molar refractivity (Wildman–Crippen MR) is 83.6 cm³/mol. The highest BCUT2D eigenvalue weighted by Gasteiger charge is 2.26. The molecule has 2 N–H and O–H groups in total. The Morgan fingerprint density at radius 1 is 1.35 bits per heavy atom. The van der Waals surface area contributed by atoms with Crippen LogP contribution in [0.4, 0.5) is 0 Å². The van der Waals surface area contributed by atoms with Gasteiger partial charge in [0, 0.05) is 36.8 Å². The molecule has 0 aromatic carbocycles. The highest BCUT2D eigenvalue weighted by molar-refractivity contribution is 5.24. The van der Waals surface area contributed by atoms with E-state index in [1.807, 2.05) is 11.7 Å². The van der Waals surface area contributed by atoms with Gasteiger partial charge in [-0.2, -0.15) is 5.10 Å². The average molecular weight is 278 g/mol. The Morgan fingerprint density at radius 2 is 2.10 bits per heavy atom. The zero-order valence-electron chi connectivity index (χ0n) is 13.5. The highest BCUT2D eigenvalue weighted by Crippen LogP contribution is 2.28. The van der Waals surface area contributed by atoms with E-state index >= 15 is 0 Å². The molecule has 0 radical (unpaired) electrons. The summed E-state index contributed by atoms with van der Waals surface area (Å²) in [6.45, 7) is 9.74. The molecule has 1 aliphatic heterocycles. The Hall–Kier alpha value is -0.870. The van der Waals surface area contributed by atoms with Gasteiger partial charge in [0.1, 0.15) is 0 Å². The molecule has 4 heteroatoms. The number of rotatable bonds is 4. The molecule has 20 heavy (non-hydrogen) atoms. The van der Waals surface area contributed by atoms with Crippen LogP contribution in [0, 0.1) is 0 Å². The van der Waals surface area contributed by atoms with Crippen LogP contribution in [0.5, 0.6) is 0 Å². The van der Waals surface area contributed by atoms with Gasteiger partial charge in [-0.15, -0.1) is 0 Å². The van der Waals surface area contributed by atoms with Gasteiger partial charge in [-0.05, 0) is 32.4 Å². The van der Waals surface area contributed by atoms with Crippen molar-refractivity contribution in [1.82, 2.24) is 14.7 Å². The molecule has 0 bridgehead atoms. The summed E-state index contributed by atoms with van der Waals surface area (Å²) < 4.78 is 1.96.